The summed E-state index contributed by atoms with van der Waals surface area (Å²) in [7, 11) is 3.46. The zero-order valence-electron chi connectivity index (χ0n) is 14.3. The number of methoxy groups -OCH3 is 3. The van der Waals surface area contributed by atoms with Crippen molar-refractivity contribution < 1.29 is 40.9 Å². The number of aryl methyl sites for hydroxylation is 1. The van der Waals surface area contributed by atoms with Crippen molar-refractivity contribution in [1.29, 1.82) is 0 Å². The zero-order chi connectivity index (χ0) is 19.6. The molecule has 0 atom stereocenters. The van der Waals surface area contributed by atoms with Crippen LogP contribution in [0.3, 0.4) is 0 Å². The van der Waals surface area contributed by atoms with Crippen LogP contribution in [-0.2, 0) is 0 Å². The molecule has 0 amide bonds. The number of hydrogen-bond donors (Lipinski definition) is 0. The summed E-state index contributed by atoms with van der Waals surface area (Å²) >= 11 is 0. The molecule has 26 heavy (non-hydrogen) atoms. The molecule has 0 bridgehead atoms. The second-order valence-electron chi connectivity index (χ2n) is 5.19. The molecule has 0 aliphatic rings. The molecule has 2 rings (SSSR count). The first-order chi connectivity index (χ1) is 12.1. The summed E-state index contributed by atoms with van der Waals surface area (Å²) < 4.78 is 84.9. The second-order valence-corrected chi connectivity index (χ2v) is 5.19. The molecule has 0 aliphatic heterocycles. The van der Waals surface area contributed by atoms with E-state index in [-0.39, 0.29) is 11.1 Å². The minimum atomic E-state index is -5.30. The Morgan fingerprint density at radius 2 is 1.31 bits per heavy atom. The summed E-state index contributed by atoms with van der Waals surface area (Å²) in [6, 6.07) is 4.65. The third kappa shape index (κ3) is 3.76. The Labute approximate surface area is 146 Å². The van der Waals surface area contributed by atoms with Crippen molar-refractivity contribution in [3.8, 4) is 34.1 Å². The van der Waals surface area contributed by atoms with Gasteiger partial charge in [0, 0.05) is 0 Å². The number of rotatable bonds is 5. The van der Waals surface area contributed by atoms with Crippen LogP contribution >= 0.6 is 0 Å². The average Bonchev–Trinajstić information content (AvgIpc) is 2.56. The number of ether oxygens (including phenoxy) is 4. The fraction of sp³-hybridized carbons (Fsp3) is 0.294. The Hall–Kier alpha value is -2.71. The van der Waals surface area contributed by atoms with Gasteiger partial charge in [-0.05, 0) is 30.2 Å². The molecule has 0 aromatic heterocycles. The van der Waals surface area contributed by atoms with Gasteiger partial charge in [-0.15, -0.1) is 13.2 Å². The van der Waals surface area contributed by atoms with Crippen LogP contribution in [0.2, 0.25) is 0 Å². The lowest BCUT2D eigenvalue weighted by Crippen LogP contribution is -2.19. The number of hydrogen-bond acceptors (Lipinski definition) is 4. The normalized spacial score (nSPS) is 11.3. The molecule has 0 fully saturated rings. The summed E-state index contributed by atoms with van der Waals surface area (Å²) in [6.45, 7) is 1.71. The van der Waals surface area contributed by atoms with Gasteiger partial charge in [0.1, 0.15) is 5.75 Å². The lowest BCUT2D eigenvalue weighted by atomic mass is 9.99. The molecule has 4 nitrogen and oxygen atoms in total. The van der Waals surface area contributed by atoms with E-state index in [4.69, 9.17) is 14.2 Å². The molecule has 2 aromatic rings. The number of benzene rings is 2. The largest absolute Gasteiger partial charge is 0.573 e. The zero-order valence-corrected chi connectivity index (χ0v) is 14.3. The highest BCUT2D eigenvalue weighted by Gasteiger charge is 2.38. The second kappa shape index (κ2) is 7.27. The fourth-order valence-corrected chi connectivity index (χ4v) is 2.49. The van der Waals surface area contributed by atoms with Crippen molar-refractivity contribution in [3.63, 3.8) is 0 Å². The maximum absolute atomic E-state index is 14.5. The van der Waals surface area contributed by atoms with Crippen LogP contribution in [0.5, 0.6) is 23.0 Å². The van der Waals surface area contributed by atoms with Gasteiger partial charge in [0.25, 0.3) is 0 Å². The molecule has 2 aromatic carbocycles. The predicted octanol–water partition coefficient (Wildman–Crippen LogP) is 4.86. The van der Waals surface area contributed by atoms with Gasteiger partial charge in [-0.3, -0.25) is 0 Å². The topological polar surface area (TPSA) is 36.9 Å². The summed E-state index contributed by atoms with van der Waals surface area (Å²) in [5.74, 6) is -5.88. The lowest BCUT2D eigenvalue weighted by molar-refractivity contribution is -0.276. The summed E-state index contributed by atoms with van der Waals surface area (Å²) in [5, 5.41) is 0. The Bertz CT molecular complexity index is 787. The van der Waals surface area contributed by atoms with Gasteiger partial charge in [0.05, 0.1) is 26.9 Å². The maximum atomic E-state index is 14.5. The molecule has 9 heteroatoms. The highest BCUT2D eigenvalue weighted by molar-refractivity contribution is 5.80. The minimum Gasteiger partial charge on any atom is -0.497 e. The van der Waals surface area contributed by atoms with Gasteiger partial charge in [-0.2, -0.15) is 8.78 Å². The number of halogens is 5. The molecule has 0 spiro atoms. The molecule has 0 aliphatic carbocycles. The molecule has 0 N–H and O–H groups in total. The molecule has 0 saturated heterocycles. The molecule has 0 unspecified atom stereocenters. The van der Waals surface area contributed by atoms with Gasteiger partial charge in [0.2, 0.25) is 17.4 Å². The molecule has 142 valence electrons. The Balaban J connectivity index is 2.84. The van der Waals surface area contributed by atoms with Gasteiger partial charge in [0.15, 0.2) is 11.5 Å². The predicted molar refractivity (Wildman–Crippen MR) is 82.9 cm³/mol. The molecular formula is C17H15F5O4. The van der Waals surface area contributed by atoms with E-state index >= 15 is 0 Å². The Morgan fingerprint density at radius 3 is 1.73 bits per heavy atom. The first-order valence-electron chi connectivity index (χ1n) is 7.17. The Morgan fingerprint density at radius 1 is 0.769 bits per heavy atom. The Kier molecular flexibility index (Phi) is 5.48. The summed E-state index contributed by atoms with van der Waals surface area (Å²) in [6.07, 6.45) is -5.30. The number of alkyl halides is 3. The third-order valence-corrected chi connectivity index (χ3v) is 3.45. The van der Waals surface area contributed by atoms with Crippen LogP contribution in [0.25, 0.3) is 11.1 Å². The first kappa shape index (κ1) is 19.6. The van der Waals surface area contributed by atoms with Gasteiger partial charge < -0.3 is 18.9 Å². The maximum Gasteiger partial charge on any atom is 0.573 e. The van der Waals surface area contributed by atoms with Crippen LogP contribution in [0.4, 0.5) is 22.0 Å². The van der Waals surface area contributed by atoms with Gasteiger partial charge in [-0.25, -0.2) is 0 Å². The minimum absolute atomic E-state index is 0.207. The van der Waals surface area contributed by atoms with E-state index < -0.39 is 35.2 Å². The van der Waals surface area contributed by atoms with Gasteiger partial charge >= 0.3 is 6.36 Å². The third-order valence-electron chi connectivity index (χ3n) is 3.45. The van der Waals surface area contributed by atoms with Crippen LogP contribution in [-0.4, -0.2) is 27.7 Å². The van der Waals surface area contributed by atoms with E-state index in [0.717, 1.165) is 14.2 Å². The molecule has 0 heterocycles. The smallest absolute Gasteiger partial charge is 0.497 e. The van der Waals surface area contributed by atoms with E-state index in [2.05, 4.69) is 4.74 Å². The highest BCUT2D eigenvalue weighted by atomic mass is 19.4. The van der Waals surface area contributed by atoms with E-state index in [1.807, 2.05) is 0 Å². The monoisotopic (exact) mass is 378 g/mol. The molecule has 0 radical (unpaired) electrons. The molecular weight excluding hydrogens is 363 g/mol. The van der Waals surface area contributed by atoms with Gasteiger partial charge in [-0.1, -0.05) is 6.07 Å². The van der Waals surface area contributed by atoms with Crippen LogP contribution in [0.1, 0.15) is 5.56 Å². The van der Waals surface area contributed by atoms with Crippen molar-refractivity contribution in [1.82, 2.24) is 0 Å². The van der Waals surface area contributed by atoms with Crippen molar-refractivity contribution >= 4 is 0 Å². The van der Waals surface area contributed by atoms with Crippen molar-refractivity contribution in [3.05, 3.63) is 35.4 Å². The van der Waals surface area contributed by atoms with E-state index in [9.17, 15) is 22.0 Å². The fourth-order valence-electron chi connectivity index (χ4n) is 2.49. The summed E-state index contributed by atoms with van der Waals surface area (Å²) in [4.78, 5) is 0. The van der Waals surface area contributed by atoms with Crippen LogP contribution in [0, 0.1) is 18.6 Å². The lowest BCUT2D eigenvalue weighted by Gasteiger charge is -2.19. The average molecular weight is 378 g/mol. The van der Waals surface area contributed by atoms with Crippen LogP contribution < -0.4 is 18.9 Å². The van der Waals surface area contributed by atoms with Crippen molar-refractivity contribution in [2.45, 2.75) is 13.3 Å². The highest BCUT2D eigenvalue weighted by Crippen LogP contribution is 2.48. The van der Waals surface area contributed by atoms with Crippen LogP contribution in [0.15, 0.2) is 18.2 Å². The standard InChI is InChI=1S/C17H15F5O4/c1-8-5-9(7-10(6-8)23-2)11-14(24-3)12(18)16(26-17(20,21)22)13(19)15(11)25-4/h5-7H,1-4H3. The molecule has 0 saturated carbocycles. The SMILES string of the molecule is COc1cc(C)cc(-c2c(OC)c(F)c(OC(F)(F)F)c(F)c2OC)c1. The quantitative estimate of drug-likeness (QED) is 0.696. The van der Waals surface area contributed by atoms with Crippen molar-refractivity contribution in [2.24, 2.45) is 0 Å². The van der Waals surface area contributed by atoms with E-state index in [1.54, 1.807) is 19.1 Å². The summed E-state index contributed by atoms with van der Waals surface area (Å²) in [5.41, 5.74) is 0.702. The van der Waals surface area contributed by atoms with E-state index in [0.29, 0.717) is 11.3 Å². The first-order valence-corrected chi connectivity index (χ1v) is 7.17. The van der Waals surface area contributed by atoms with E-state index in [1.165, 1.54) is 13.2 Å². The van der Waals surface area contributed by atoms with Crippen molar-refractivity contribution in [2.75, 3.05) is 21.3 Å².